The Morgan fingerprint density at radius 3 is 2.88 bits per heavy atom. The van der Waals surface area contributed by atoms with Crippen LogP contribution in [0.15, 0.2) is 27.1 Å². The van der Waals surface area contributed by atoms with E-state index in [9.17, 15) is 0 Å². The second kappa shape index (κ2) is 5.32. The van der Waals surface area contributed by atoms with Gasteiger partial charge in [-0.25, -0.2) is 0 Å². The van der Waals surface area contributed by atoms with Crippen molar-refractivity contribution >= 4 is 50.2 Å². The number of halogens is 2. The quantitative estimate of drug-likeness (QED) is 0.762. The van der Waals surface area contributed by atoms with Crippen molar-refractivity contribution in [2.24, 2.45) is 5.73 Å². The van der Waals surface area contributed by atoms with Gasteiger partial charge in [-0.2, -0.15) is 0 Å². The van der Waals surface area contributed by atoms with E-state index in [1.807, 2.05) is 18.2 Å². The molecule has 0 aliphatic heterocycles. The molecule has 1 aromatic heterocycles. The van der Waals surface area contributed by atoms with Gasteiger partial charge in [-0.1, -0.05) is 5.10 Å². The van der Waals surface area contributed by atoms with Crippen LogP contribution in [0.4, 0.5) is 11.7 Å². The highest BCUT2D eigenvalue weighted by molar-refractivity contribution is 14.1. The average Bonchev–Trinajstić information content (AvgIpc) is 2.72. The smallest absolute Gasteiger partial charge is 0.320 e. The molecule has 5 nitrogen and oxygen atoms in total. The minimum Gasteiger partial charge on any atom is -0.406 e. The van der Waals surface area contributed by atoms with Gasteiger partial charge in [-0.05, 0) is 63.6 Å². The summed E-state index contributed by atoms with van der Waals surface area (Å²) in [6.07, 6.45) is 0. The zero-order valence-electron chi connectivity index (χ0n) is 8.95. The number of nitrogens with zero attached hydrogens (tertiary/aromatic N) is 2. The van der Waals surface area contributed by atoms with Gasteiger partial charge < -0.3 is 15.5 Å². The molecule has 90 valence electrons. The first-order valence-corrected chi connectivity index (χ1v) is 6.74. The van der Waals surface area contributed by atoms with Crippen molar-refractivity contribution < 1.29 is 4.42 Å². The van der Waals surface area contributed by atoms with Crippen molar-refractivity contribution in [3.8, 4) is 0 Å². The highest BCUT2D eigenvalue weighted by Gasteiger charge is 2.11. The van der Waals surface area contributed by atoms with Gasteiger partial charge >= 0.3 is 6.01 Å². The normalized spacial score (nSPS) is 12.5. The van der Waals surface area contributed by atoms with E-state index in [-0.39, 0.29) is 6.04 Å². The molecule has 3 N–H and O–H groups in total. The summed E-state index contributed by atoms with van der Waals surface area (Å²) in [5.74, 6) is 0.411. The lowest BCUT2D eigenvalue weighted by molar-refractivity contribution is 0.475. The standard InChI is InChI=1S/C10H10BrIN4O/c1-5(13)9-15-16-10(17-9)14-8-4-6(12)2-3-7(8)11/h2-5H,13H2,1H3,(H,14,16). The first-order valence-electron chi connectivity index (χ1n) is 4.87. The SMILES string of the molecule is CC(N)c1nnc(Nc2cc(I)ccc2Br)o1. The molecule has 1 heterocycles. The van der Waals surface area contributed by atoms with Crippen LogP contribution in [0.1, 0.15) is 18.9 Å². The molecule has 0 radical (unpaired) electrons. The maximum atomic E-state index is 5.64. The van der Waals surface area contributed by atoms with Gasteiger partial charge in [0, 0.05) is 8.04 Å². The number of nitrogens with two attached hydrogens (primary N) is 1. The number of nitrogens with one attached hydrogen (secondary N) is 1. The van der Waals surface area contributed by atoms with Gasteiger partial charge in [0.05, 0.1) is 11.7 Å². The molecule has 17 heavy (non-hydrogen) atoms. The second-order valence-electron chi connectivity index (χ2n) is 3.48. The Bertz CT molecular complexity index is 529. The topological polar surface area (TPSA) is 77.0 Å². The summed E-state index contributed by atoms with van der Waals surface area (Å²) in [4.78, 5) is 0. The maximum Gasteiger partial charge on any atom is 0.320 e. The fraction of sp³-hybridized carbons (Fsp3) is 0.200. The van der Waals surface area contributed by atoms with Crippen molar-refractivity contribution in [2.75, 3.05) is 5.32 Å². The summed E-state index contributed by atoms with van der Waals surface area (Å²) in [6, 6.07) is 5.99. The molecule has 7 heteroatoms. The molecule has 1 atom stereocenters. The molecule has 0 saturated heterocycles. The van der Waals surface area contributed by atoms with Gasteiger partial charge in [-0.3, -0.25) is 0 Å². The molecule has 2 rings (SSSR count). The largest absolute Gasteiger partial charge is 0.406 e. The van der Waals surface area contributed by atoms with E-state index >= 15 is 0 Å². The van der Waals surface area contributed by atoms with E-state index in [1.165, 1.54) is 0 Å². The lowest BCUT2D eigenvalue weighted by Gasteiger charge is -2.04. The summed E-state index contributed by atoms with van der Waals surface area (Å²) in [5.41, 5.74) is 6.51. The second-order valence-corrected chi connectivity index (χ2v) is 5.58. The third-order valence-electron chi connectivity index (χ3n) is 2.00. The predicted molar refractivity (Wildman–Crippen MR) is 77.0 cm³/mol. The van der Waals surface area contributed by atoms with Crippen LogP contribution < -0.4 is 11.1 Å². The molecular formula is C10H10BrIN4O. The lowest BCUT2D eigenvalue weighted by Crippen LogP contribution is -2.04. The molecule has 0 amide bonds. The molecule has 0 spiro atoms. The molecule has 0 saturated carbocycles. The Balaban J connectivity index is 2.22. The lowest BCUT2D eigenvalue weighted by atomic mass is 10.3. The van der Waals surface area contributed by atoms with Gasteiger partial charge in [-0.15, -0.1) is 5.10 Å². The van der Waals surface area contributed by atoms with E-state index in [0.717, 1.165) is 13.7 Å². The molecule has 0 aliphatic carbocycles. The molecule has 0 bridgehead atoms. The van der Waals surface area contributed by atoms with Crippen LogP contribution in [0.25, 0.3) is 0 Å². The highest BCUT2D eigenvalue weighted by atomic mass is 127. The number of benzene rings is 1. The monoisotopic (exact) mass is 408 g/mol. The Kier molecular flexibility index (Phi) is 4.00. The zero-order valence-corrected chi connectivity index (χ0v) is 12.7. The van der Waals surface area contributed by atoms with E-state index in [0.29, 0.717) is 11.9 Å². The Labute approximate surface area is 120 Å². The first kappa shape index (κ1) is 12.8. The highest BCUT2D eigenvalue weighted by Crippen LogP contribution is 2.27. The van der Waals surface area contributed by atoms with Crippen molar-refractivity contribution in [2.45, 2.75) is 13.0 Å². The van der Waals surface area contributed by atoms with Gasteiger partial charge in [0.2, 0.25) is 5.89 Å². The third kappa shape index (κ3) is 3.17. The van der Waals surface area contributed by atoms with Gasteiger partial charge in [0.25, 0.3) is 0 Å². The van der Waals surface area contributed by atoms with Crippen LogP contribution in [0.2, 0.25) is 0 Å². The summed E-state index contributed by atoms with van der Waals surface area (Å²) in [5, 5.41) is 10.8. The number of aromatic nitrogens is 2. The fourth-order valence-electron chi connectivity index (χ4n) is 1.18. The molecular weight excluding hydrogens is 399 g/mol. The van der Waals surface area contributed by atoms with Crippen LogP contribution >= 0.6 is 38.5 Å². The molecule has 1 unspecified atom stereocenters. The minimum absolute atomic E-state index is 0.266. The number of rotatable bonds is 3. The van der Waals surface area contributed by atoms with Gasteiger partial charge in [0.15, 0.2) is 0 Å². The van der Waals surface area contributed by atoms with Crippen molar-refractivity contribution in [1.82, 2.24) is 10.2 Å². The number of anilines is 2. The van der Waals surface area contributed by atoms with Crippen molar-refractivity contribution in [3.63, 3.8) is 0 Å². The minimum atomic E-state index is -0.266. The van der Waals surface area contributed by atoms with Gasteiger partial charge in [0.1, 0.15) is 0 Å². The summed E-state index contributed by atoms with van der Waals surface area (Å²) >= 11 is 5.68. The fourth-order valence-corrected chi connectivity index (χ4v) is 2.01. The molecule has 0 fully saturated rings. The third-order valence-corrected chi connectivity index (χ3v) is 3.36. The summed E-state index contributed by atoms with van der Waals surface area (Å²) in [6.45, 7) is 1.79. The van der Waals surface area contributed by atoms with Crippen LogP contribution in [-0.2, 0) is 0 Å². The van der Waals surface area contributed by atoms with Crippen LogP contribution in [0.5, 0.6) is 0 Å². The number of hydrogen-bond donors (Lipinski definition) is 2. The Morgan fingerprint density at radius 2 is 2.24 bits per heavy atom. The Morgan fingerprint density at radius 1 is 1.47 bits per heavy atom. The Hall–Kier alpha value is -0.670. The van der Waals surface area contributed by atoms with Crippen LogP contribution in [0.3, 0.4) is 0 Å². The first-order chi connectivity index (χ1) is 8.06. The number of hydrogen-bond acceptors (Lipinski definition) is 5. The van der Waals surface area contributed by atoms with Crippen LogP contribution in [0, 0.1) is 3.57 Å². The van der Waals surface area contributed by atoms with Crippen molar-refractivity contribution in [1.29, 1.82) is 0 Å². The average molecular weight is 409 g/mol. The zero-order chi connectivity index (χ0) is 12.4. The van der Waals surface area contributed by atoms with E-state index in [4.69, 9.17) is 10.2 Å². The summed E-state index contributed by atoms with van der Waals surface area (Å²) in [7, 11) is 0. The van der Waals surface area contributed by atoms with Crippen molar-refractivity contribution in [3.05, 3.63) is 32.1 Å². The molecule has 1 aromatic carbocycles. The molecule has 2 aromatic rings. The van der Waals surface area contributed by atoms with E-state index in [2.05, 4.69) is 54.0 Å². The van der Waals surface area contributed by atoms with E-state index in [1.54, 1.807) is 6.92 Å². The summed E-state index contributed by atoms with van der Waals surface area (Å²) < 4.78 is 7.40. The predicted octanol–water partition coefficient (Wildman–Crippen LogP) is 3.20. The maximum absolute atomic E-state index is 5.64. The van der Waals surface area contributed by atoms with E-state index < -0.39 is 0 Å². The molecule has 0 aliphatic rings. The van der Waals surface area contributed by atoms with Crippen LogP contribution in [-0.4, -0.2) is 10.2 Å².